The number of amides is 1. The molecule has 0 aliphatic carbocycles. The summed E-state index contributed by atoms with van der Waals surface area (Å²) < 4.78 is 41.4. The summed E-state index contributed by atoms with van der Waals surface area (Å²) in [6.07, 6.45) is -4.48. The zero-order valence-electron chi connectivity index (χ0n) is 10.4. The second kappa shape index (κ2) is 6.74. The van der Waals surface area contributed by atoms with Gasteiger partial charge in [0.2, 0.25) is 0 Å². The molecule has 20 heavy (non-hydrogen) atoms. The number of rotatable bonds is 5. The number of hydrogen-bond donors (Lipinski definition) is 1. The lowest BCUT2D eigenvalue weighted by Crippen LogP contribution is -2.36. The van der Waals surface area contributed by atoms with E-state index >= 15 is 0 Å². The number of nitrogens with one attached hydrogen (secondary N) is 1. The number of ketones is 1. The van der Waals surface area contributed by atoms with Crippen molar-refractivity contribution >= 4 is 27.6 Å². The van der Waals surface area contributed by atoms with E-state index in [9.17, 15) is 22.8 Å². The van der Waals surface area contributed by atoms with Crippen LogP contribution >= 0.6 is 15.9 Å². The highest BCUT2D eigenvalue weighted by molar-refractivity contribution is 9.10. The van der Waals surface area contributed by atoms with E-state index in [2.05, 4.69) is 15.9 Å². The van der Waals surface area contributed by atoms with Crippen LogP contribution in [0.2, 0.25) is 0 Å². The molecule has 1 aromatic carbocycles. The topological polar surface area (TPSA) is 55.4 Å². The predicted molar refractivity (Wildman–Crippen MR) is 68.7 cm³/mol. The summed E-state index contributed by atoms with van der Waals surface area (Å²) in [5, 5.41) is 1.67. The Labute approximate surface area is 121 Å². The van der Waals surface area contributed by atoms with Gasteiger partial charge in [0, 0.05) is 4.47 Å². The van der Waals surface area contributed by atoms with Gasteiger partial charge < -0.3 is 10.1 Å². The molecule has 0 saturated carbocycles. The highest BCUT2D eigenvalue weighted by Gasteiger charge is 2.27. The average molecular weight is 354 g/mol. The molecule has 110 valence electrons. The third kappa shape index (κ3) is 5.60. The van der Waals surface area contributed by atoms with E-state index in [0.29, 0.717) is 4.47 Å². The minimum absolute atomic E-state index is 0.133. The third-order valence-corrected chi connectivity index (χ3v) is 2.66. The fraction of sp³-hybridized carbons (Fsp3) is 0.333. The molecule has 0 unspecified atom stereocenters. The van der Waals surface area contributed by atoms with Gasteiger partial charge in [-0.3, -0.25) is 9.59 Å². The number of Topliss-reactive ketones (excluding diaryl/α,β-unsaturated/α-hetero) is 1. The van der Waals surface area contributed by atoms with E-state index < -0.39 is 25.2 Å². The molecule has 0 heterocycles. The Hall–Kier alpha value is -1.57. The molecule has 0 aliphatic heterocycles. The molecular weight excluding hydrogens is 343 g/mol. The Balaban J connectivity index is 2.63. The van der Waals surface area contributed by atoms with Crippen molar-refractivity contribution in [2.24, 2.45) is 0 Å². The van der Waals surface area contributed by atoms with Crippen molar-refractivity contribution in [2.45, 2.75) is 13.1 Å². The lowest BCUT2D eigenvalue weighted by molar-refractivity contribution is -0.139. The molecule has 0 radical (unpaired) electrons. The Bertz CT molecular complexity index is 517. The Morgan fingerprint density at radius 3 is 2.55 bits per heavy atom. The van der Waals surface area contributed by atoms with Crippen LogP contribution in [0.1, 0.15) is 17.3 Å². The van der Waals surface area contributed by atoms with E-state index in [1.807, 2.05) is 0 Å². The van der Waals surface area contributed by atoms with Crippen molar-refractivity contribution in [1.29, 1.82) is 0 Å². The summed E-state index contributed by atoms with van der Waals surface area (Å²) in [6, 6.07) is 4.58. The van der Waals surface area contributed by atoms with E-state index in [-0.39, 0.29) is 17.1 Å². The first kappa shape index (κ1) is 16.5. The van der Waals surface area contributed by atoms with Crippen molar-refractivity contribution in [2.75, 3.05) is 13.2 Å². The van der Waals surface area contributed by atoms with Gasteiger partial charge in [-0.05, 0) is 25.1 Å². The number of ether oxygens (including phenoxy) is 1. The van der Waals surface area contributed by atoms with Crippen LogP contribution < -0.4 is 10.1 Å². The second-order valence-corrected chi connectivity index (χ2v) is 4.79. The monoisotopic (exact) mass is 353 g/mol. The number of benzene rings is 1. The summed E-state index contributed by atoms with van der Waals surface area (Å²) >= 11 is 3.17. The van der Waals surface area contributed by atoms with Gasteiger partial charge in [0.05, 0.1) is 5.56 Å². The molecule has 0 fully saturated rings. The van der Waals surface area contributed by atoms with E-state index in [1.54, 1.807) is 11.4 Å². The molecule has 0 spiro atoms. The number of halogens is 4. The molecule has 0 atom stereocenters. The minimum Gasteiger partial charge on any atom is -0.483 e. The largest absolute Gasteiger partial charge is 0.483 e. The summed E-state index contributed by atoms with van der Waals surface area (Å²) in [4.78, 5) is 22.5. The maximum absolute atomic E-state index is 11.9. The van der Waals surface area contributed by atoms with Crippen LogP contribution in [0.15, 0.2) is 22.7 Å². The first-order valence-corrected chi connectivity index (χ1v) is 6.25. The number of carbonyl (C=O) groups excluding carboxylic acids is 2. The van der Waals surface area contributed by atoms with Crippen molar-refractivity contribution in [1.82, 2.24) is 5.32 Å². The first-order chi connectivity index (χ1) is 9.19. The summed E-state index contributed by atoms with van der Waals surface area (Å²) in [7, 11) is 0. The van der Waals surface area contributed by atoms with E-state index in [0.717, 1.165) is 0 Å². The van der Waals surface area contributed by atoms with Gasteiger partial charge in [0.25, 0.3) is 5.91 Å². The molecule has 4 nitrogen and oxygen atoms in total. The fourth-order valence-corrected chi connectivity index (χ4v) is 1.64. The van der Waals surface area contributed by atoms with Crippen LogP contribution in [0.3, 0.4) is 0 Å². The molecule has 0 bridgehead atoms. The average Bonchev–Trinajstić information content (AvgIpc) is 2.32. The number of alkyl halides is 3. The highest BCUT2D eigenvalue weighted by atomic mass is 79.9. The van der Waals surface area contributed by atoms with Crippen LogP contribution in [-0.2, 0) is 4.79 Å². The van der Waals surface area contributed by atoms with Crippen molar-refractivity contribution in [3.05, 3.63) is 28.2 Å². The molecule has 0 aromatic heterocycles. The normalized spacial score (nSPS) is 11.1. The van der Waals surface area contributed by atoms with Crippen LogP contribution in [0.4, 0.5) is 13.2 Å². The zero-order valence-corrected chi connectivity index (χ0v) is 12.0. The lowest BCUT2D eigenvalue weighted by Gasteiger charge is -2.11. The third-order valence-electron chi connectivity index (χ3n) is 2.17. The van der Waals surface area contributed by atoms with Gasteiger partial charge in [0.1, 0.15) is 12.3 Å². The molecule has 1 N–H and O–H groups in total. The second-order valence-electron chi connectivity index (χ2n) is 3.88. The van der Waals surface area contributed by atoms with Crippen LogP contribution in [-0.4, -0.2) is 31.0 Å². The van der Waals surface area contributed by atoms with Gasteiger partial charge >= 0.3 is 6.18 Å². The van der Waals surface area contributed by atoms with Gasteiger partial charge in [0.15, 0.2) is 12.4 Å². The first-order valence-electron chi connectivity index (χ1n) is 5.46. The molecule has 1 amide bonds. The molecule has 0 saturated heterocycles. The van der Waals surface area contributed by atoms with Gasteiger partial charge in [-0.15, -0.1) is 0 Å². The Morgan fingerprint density at radius 1 is 1.35 bits per heavy atom. The summed E-state index contributed by atoms with van der Waals surface area (Å²) in [5.74, 6) is -1.06. The maximum Gasteiger partial charge on any atom is 0.405 e. The standard InChI is InChI=1S/C12H11BrF3NO3/c1-7(18)9-3-2-8(13)4-10(9)20-5-11(19)17-6-12(14,15)16/h2-4H,5-6H2,1H3,(H,17,19). The lowest BCUT2D eigenvalue weighted by atomic mass is 10.1. The quantitative estimate of drug-likeness (QED) is 0.828. The van der Waals surface area contributed by atoms with Crippen LogP contribution in [0.5, 0.6) is 5.75 Å². The molecule has 0 aliphatic rings. The maximum atomic E-state index is 11.9. The Morgan fingerprint density at radius 2 is 2.00 bits per heavy atom. The number of hydrogen-bond acceptors (Lipinski definition) is 3. The van der Waals surface area contributed by atoms with Gasteiger partial charge in [-0.25, -0.2) is 0 Å². The fourth-order valence-electron chi connectivity index (χ4n) is 1.30. The minimum atomic E-state index is -4.48. The van der Waals surface area contributed by atoms with Crippen LogP contribution in [0.25, 0.3) is 0 Å². The smallest absolute Gasteiger partial charge is 0.405 e. The van der Waals surface area contributed by atoms with Crippen LogP contribution in [0, 0.1) is 0 Å². The Kier molecular flexibility index (Phi) is 5.55. The summed E-state index contributed by atoms with van der Waals surface area (Å²) in [5.41, 5.74) is 0.247. The van der Waals surface area contributed by atoms with Crippen molar-refractivity contribution < 1.29 is 27.5 Å². The molecule has 1 rings (SSSR count). The highest BCUT2D eigenvalue weighted by Crippen LogP contribution is 2.24. The van der Waals surface area contributed by atoms with E-state index in [4.69, 9.17) is 4.74 Å². The van der Waals surface area contributed by atoms with E-state index in [1.165, 1.54) is 19.1 Å². The van der Waals surface area contributed by atoms with Crippen molar-refractivity contribution in [3.63, 3.8) is 0 Å². The molecule has 8 heteroatoms. The zero-order chi connectivity index (χ0) is 15.3. The van der Waals surface area contributed by atoms with Gasteiger partial charge in [-0.2, -0.15) is 13.2 Å². The van der Waals surface area contributed by atoms with Gasteiger partial charge in [-0.1, -0.05) is 15.9 Å². The SMILES string of the molecule is CC(=O)c1ccc(Br)cc1OCC(=O)NCC(F)(F)F. The summed E-state index contributed by atoms with van der Waals surface area (Å²) in [6.45, 7) is -0.708. The molecule has 1 aromatic rings. The van der Waals surface area contributed by atoms with Crippen molar-refractivity contribution in [3.8, 4) is 5.75 Å². The predicted octanol–water partition coefficient (Wildman–Crippen LogP) is 2.71. The number of carbonyl (C=O) groups is 2. The molecular formula is C12H11BrF3NO3.